The van der Waals surface area contributed by atoms with Crippen molar-refractivity contribution in [3.63, 3.8) is 0 Å². The molecule has 1 aromatic carbocycles. The zero-order valence-corrected chi connectivity index (χ0v) is 11.6. The molecule has 0 saturated carbocycles. The maximum absolute atomic E-state index is 11.4. The Bertz CT molecular complexity index is 407. The monoisotopic (exact) mass is 274 g/mol. The van der Waals surface area contributed by atoms with E-state index in [4.69, 9.17) is 23.2 Å². The number of carbonyl (C=O) groups is 1. The lowest BCUT2D eigenvalue weighted by Gasteiger charge is -2.17. The summed E-state index contributed by atoms with van der Waals surface area (Å²) in [4.78, 5) is 13.0. The van der Waals surface area contributed by atoms with Crippen LogP contribution in [0.15, 0.2) is 18.2 Å². The average molecular weight is 275 g/mol. The van der Waals surface area contributed by atoms with E-state index in [9.17, 15) is 4.79 Å². The van der Waals surface area contributed by atoms with E-state index in [1.165, 1.54) is 0 Å². The molecule has 1 aromatic rings. The molecular weight excluding hydrogens is 259 g/mol. The number of hydrogen-bond donors (Lipinski definition) is 1. The summed E-state index contributed by atoms with van der Waals surface area (Å²) in [5.74, 6) is 0.0296. The van der Waals surface area contributed by atoms with E-state index in [-0.39, 0.29) is 18.5 Å². The van der Waals surface area contributed by atoms with E-state index in [0.29, 0.717) is 10.0 Å². The minimum absolute atomic E-state index is 0.00340. The van der Waals surface area contributed by atoms with Crippen LogP contribution in [0, 0.1) is 0 Å². The molecule has 0 aromatic heterocycles. The van der Waals surface area contributed by atoms with Crippen molar-refractivity contribution in [3.05, 3.63) is 33.8 Å². The second-order valence-corrected chi connectivity index (χ2v) is 4.90. The van der Waals surface area contributed by atoms with Crippen molar-refractivity contribution in [2.45, 2.75) is 13.0 Å². The number of carbonyl (C=O) groups excluding carboxylic acids is 1. The fourth-order valence-corrected chi connectivity index (χ4v) is 1.93. The van der Waals surface area contributed by atoms with E-state index in [1.807, 2.05) is 13.0 Å². The van der Waals surface area contributed by atoms with Crippen LogP contribution in [0.3, 0.4) is 0 Å². The summed E-state index contributed by atoms with van der Waals surface area (Å²) in [5, 5.41) is 4.33. The van der Waals surface area contributed by atoms with Crippen LogP contribution in [0.5, 0.6) is 0 Å². The summed E-state index contributed by atoms with van der Waals surface area (Å²) in [6.07, 6.45) is 0. The molecule has 0 aliphatic carbocycles. The maximum Gasteiger partial charge on any atom is 0.236 e. The van der Waals surface area contributed by atoms with Crippen molar-refractivity contribution in [1.29, 1.82) is 0 Å². The summed E-state index contributed by atoms with van der Waals surface area (Å²) >= 11 is 11.9. The van der Waals surface area contributed by atoms with Crippen molar-refractivity contribution in [2.75, 3.05) is 20.6 Å². The molecule has 0 bridgehead atoms. The quantitative estimate of drug-likeness (QED) is 0.916. The Kier molecular flexibility index (Phi) is 5.25. The molecule has 1 rings (SSSR count). The van der Waals surface area contributed by atoms with Crippen LogP contribution < -0.4 is 5.32 Å². The molecule has 5 heteroatoms. The molecule has 0 heterocycles. The SMILES string of the molecule is CC(NCC(=O)N(C)C)c1ccc(Cl)cc1Cl. The maximum atomic E-state index is 11.4. The van der Waals surface area contributed by atoms with Crippen LogP contribution in [0.4, 0.5) is 0 Å². The highest BCUT2D eigenvalue weighted by Crippen LogP contribution is 2.25. The Labute approximate surface area is 112 Å². The molecule has 0 aliphatic rings. The van der Waals surface area contributed by atoms with Crippen LogP contribution in [0.2, 0.25) is 10.0 Å². The third-order valence-electron chi connectivity index (χ3n) is 2.49. The third-order valence-corrected chi connectivity index (χ3v) is 3.05. The first kappa shape index (κ1) is 14.3. The van der Waals surface area contributed by atoms with E-state index in [0.717, 1.165) is 5.56 Å². The lowest BCUT2D eigenvalue weighted by Crippen LogP contribution is -2.34. The average Bonchev–Trinajstić information content (AvgIpc) is 2.25. The molecular formula is C12H16Cl2N2O. The second kappa shape index (κ2) is 6.24. The number of nitrogens with zero attached hydrogens (tertiary/aromatic N) is 1. The van der Waals surface area contributed by atoms with Crippen LogP contribution in [-0.2, 0) is 4.79 Å². The number of hydrogen-bond acceptors (Lipinski definition) is 2. The van der Waals surface area contributed by atoms with Gasteiger partial charge in [-0.1, -0.05) is 29.3 Å². The van der Waals surface area contributed by atoms with Gasteiger partial charge in [-0.05, 0) is 24.6 Å². The molecule has 0 radical (unpaired) electrons. The van der Waals surface area contributed by atoms with Gasteiger partial charge in [-0.15, -0.1) is 0 Å². The van der Waals surface area contributed by atoms with Gasteiger partial charge in [0.25, 0.3) is 0 Å². The van der Waals surface area contributed by atoms with Crippen molar-refractivity contribution in [1.82, 2.24) is 10.2 Å². The summed E-state index contributed by atoms with van der Waals surface area (Å²) in [6, 6.07) is 5.35. The smallest absolute Gasteiger partial charge is 0.236 e. The molecule has 0 spiro atoms. The highest BCUT2D eigenvalue weighted by Gasteiger charge is 2.11. The molecule has 0 saturated heterocycles. The van der Waals surface area contributed by atoms with E-state index in [1.54, 1.807) is 31.1 Å². The topological polar surface area (TPSA) is 32.3 Å². The Balaban J connectivity index is 2.64. The number of halogens is 2. The molecule has 17 heavy (non-hydrogen) atoms. The molecule has 1 atom stereocenters. The molecule has 1 amide bonds. The Morgan fingerprint density at radius 2 is 2.06 bits per heavy atom. The Morgan fingerprint density at radius 1 is 1.41 bits per heavy atom. The van der Waals surface area contributed by atoms with E-state index in [2.05, 4.69) is 5.32 Å². The Morgan fingerprint density at radius 3 is 2.59 bits per heavy atom. The highest BCUT2D eigenvalue weighted by molar-refractivity contribution is 6.35. The molecule has 1 unspecified atom stereocenters. The van der Waals surface area contributed by atoms with Gasteiger partial charge in [0.1, 0.15) is 0 Å². The summed E-state index contributed by atoms with van der Waals surface area (Å²) in [5.41, 5.74) is 0.933. The third kappa shape index (κ3) is 4.19. The number of benzene rings is 1. The van der Waals surface area contributed by atoms with Gasteiger partial charge < -0.3 is 10.2 Å². The number of nitrogens with one attached hydrogen (secondary N) is 1. The minimum Gasteiger partial charge on any atom is -0.348 e. The zero-order chi connectivity index (χ0) is 13.0. The minimum atomic E-state index is 0.00340. The zero-order valence-electron chi connectivity index (χ0n) is 10.1. The van der Waals surface area contributed by atoms with Crippen LogP contribution in [0.25, 0.3) is 0 Å². The number of amides is 1. The fraction of sp³-hybridized carbons (Fsp3) is 0.417. The lowest BCUT2D eigenvalue weighted by atomic mass is 10.1. The van der Waals surface area contributed by atoms with Gasteiger partial charge in [-0.25, -0.2) is 0 Å². The summed E-state index contributed by atoms with van der Waals surface area (Å²) in [6.45, 7) is 2.24. The standard InChI is InChI=1S/C12H16Cl2N2O/c1-8(15-7-12(17)16(2)3)10-5-4-9(13)6-11(10)14/h4-6,8,15H,7H2,1-3H3. The van der Waals surface area contributed by atoms with Crippen molar-refractivity contribution in [2.24, 2.45) is 0 Å². The van der Waals surface area contributed by atoms with Crippen molar-refractivity contribution >= 4 is 29.1 Å². The van der Waals surface area contributed by atoms with Gasteiger partial charge >= 0.3 is 0 Å². The predicted octanol–water partition coefficient (Wildman–Crippen LogP) is 2.73. The second-order valence-electron chi connectivity index (χ2n) is 4.06. The molecule has 0 aliphatic heterocycles. The molecule has 94 valence electrons. The first-order valence-electron chi connectivity index (χ1n) is 5.30. The molecule has 3 nitrogen and oxygen atoms in total. The number of likely N-dealkylation sites (N-methyl/N-ethyl adjacent to an activating group) is 1. The van der Waals surface area contributed by atoms with Gasteiger partial charge in [0, 0.05) is 30.2 Å². The summed E-state index contributed by atoms with van der Waals surface area (Å²) in [7, 11) is 3.45. The van der Waals surface area contributed by atoms with Crippen molar-refractivity contribution < 1.29 is 4.79 Å². The van der Waals surface area contributed by atoms with Crippen LogP contribution >= 0.6 is 23.2 Å². The molecule has 1 N–H and O–H groups in total. The normalized spacial score (nSPS) is 12.3. The van der Waals surface area contributed by atoms with Gasteiger partial charge in [0.05, 0.1) is 6.54 Å². The van der Waals surface area contributed by atoms with Gasteiger partial charge in [-0.2, -0.15) is 0 Å². The van der Waals surface area contributed by atoms with Gasteiger partial charge in [0.15, 0.2) is 0 Å². The molecule has 0 fully saturated rings. The van der Waals surface area contributed by atoms with Crippen LogP contribution in [-0.4, -0.2) is 31.4 Å². The summed E-state index contributed by atoms with van der Waals surface area (Å²) < 4.78 is 0. The van der Waals surface area contributed by atoms with Crippen LogP contribution in [0.1, 0.15) is 18.5 Å². The van der Waals surface area contributed by atoms with E-state index < -0.39 is 0 Å². The highest BCUT2D eigenvalue weighted by atomic mass is 35.5. The largest absolute Gasteiger partial charge is 0.348 e. The fourth-order valence-electron chi connectivity index (χ4n) is 1.36. The Hall–Kier alpha value is -0.770. The lowest BCUT2D eigenvalue weighted by molar-refractivity contribution is -0.127. The van der Waals surface area contributed by atoms with E-state index >= 15 is 0 Å². The number of rotatable bonds is 4. The first-order valence-corrected chi connectivity index (χ1v) is 6.06. The predicted molar refractivity (Wildman–Crippen MR) is 71.6 cm³/mol. The van der Waals surface area contributed by atoms with Crippen molar-refractivity contribution in [3.8, 4) is 0 Å². The first-order chi connectivity index (χ1) is 7.91. The van der Waals surface area contributed by atoms with Gasteiger partial charge in [0.2, 0.25) is 5.91 Å². The van der Waals surface area contributed by atoms with Gasteiger partial charge in [-0.3, -0.25) is 4.79 Å².